The Morgan fingerprint density at radius 1 is 1.53 bits per heavy atom. The number of anilines is 1. The van der Waals surface area contributed by atoms with E-state index in [2.05, 4.69) is 0 Å². The number of sulfonamides is 1. The van der Waals surface area contributed by atoms with Crippen LogP contribution in [-0.2, 0) is 14.8 Å². The van der Waals surface area contributed by atoms with E-state index < -0.39 is 26.7 Å². The highest BCUT2D eigenvalue weighted by Gasteiger charge is 2.19. The van der Waals surface area contributed by atoms with Crippen LogP contribution in [0, 0.1) is 10.1 Å². The number of carboxylic acids is 1. The number of nitrogens with zero attached hydrogens (tertiary/aromatic N) is 1. The summed E-state index contributed by atoms with van der Waals surface area (Å²) < 4.78 is 29.6. The summed E-state index contributed by atoms with van der Waals surface area (Å²) in [5, 5.41) is 19.0. The molecule has 1 aromatic rings. The van der Waals surface area contributed by atoms with Gasteiger partial charge in [-0.15, -0.1) is 0 Å². The Morgan fingerprint density at radius 2 is 2.16 bits per heavy atom. The zero-order valence-corrected chi connectivity index (χ0v) is 10.5. The Bertz CT molecular complexity index is 611. The van der Waals surface area contributed by atoms with Crippen molar-refractivity contribution in [2.24, 2.45) is 0 Å². The Hall–Kier alpha value is -2.36. The van der Waals surface area contributed by atoms with Crippen LogP contribution in [0.3, 0.4) is 0 Å². The molecule has 19 heavy (non-hydrogen) atoms. The second-order valence-electron chi connectivity index (χ2n) is 3.40. The van der Waals surface area contributed by atoms with Crippen LogP contribution in [0.25, 0.3) is 0 Å². The fraction of sp³-hybridized carbons (Fsp3) is 0.222. The number of rotatable bonds is 6. The molecule has 1 rings (SSSR count). The molecule has 0 amide bonds. The number of benzene rings is 1. The third kappa shape index (κ3) is 4.10. The van der Waals surface area contributed by atoms with Crippen molar-refractivity contribution in [1.29, 1.82) is 0 Å². The maximum absolute atomic E-state index is 11.4. The molecule has 0 aliphatic rings. The van der Waals surface area contributed by atoms with E-state index in [0.717, 1.165) is 18.2 Å². The van der Waals surface area contributed by atoms with Gasteiger partial charge < -0.3 is 9.84 Å². The van der Waals surface area contributed by atoms with E-state index in [9.17, 15) is 23.3 Å². The number of hydrogen-bond donors (Lipinski definition) is 2. The number of aliphatic carboxylic acids is 1. The van der Waals surface area contributed by atoms with Gasteiger partial charge in [0, 0.05) is 6.07 Å². The molecule has 0 saturated carbocycles. The van der Waals surface area contributed by atoms with Gasteiger partial charge >= 0.3 is 5.97 Å². The van der Waals surface area contributed by atoms with Crippen molar-refractivity contribution in [1.82, 2.24) is 0 Å². The van der Waals surface area contributed by atoms with Crippen LogP contribution in [-0.4, -0.2) is 37.3 Å². The van der Waals surface area contributed by atoms with E-state index in [1.807, 2.05) is 4.72 Å². The van der Waals surface area contributed by atoms with Gasteiger partial charge in [-0.3, -0.25) is 19.6 Å². The van der Waals surface area contributed by atoms with Crippen LogP contribution in [0.4, 0.5) is 11.4 Å². The summed E-state index contributed by atoms with van der Waals surface area (Å²) in [6, 6.07) is 3.22. The second-order valence-corrected chi connectivity index (χ2v) is 5.12. The topological polar surface area (TPSA) is 136 Å². The van der Waals surface area contributed by atoms with E-state index in [4.69, 9.17) is 9.84 Å². The van der Waals surface area contributed by atoms with Crippen molar-refractivity contribution in [2.75, 3.05) is 17.6 Å². The Kier molecular flexibility index (Phi) is 4.27. The lowest BCUT2D eigenvalue weighted by Crippen LogP contribution is -2.22. The zero-order chi connectivity index (χ0) is 14.6. The number of hydrogen-bond acceptors (Lipinski definition) is 6. The molecule has 0 spiro atoms. The third-order valence-electron chi connectivity index (χ3n) is 1.97. The van der Waals surface area contributed by atoms with Crippen LogP contribution in [0.5, 0.6) is 5.75 Å². The lowest BCUT2D eigenvalue weighted by atomic mass is 10.2. The van der Waals surface area contributed by atoms with Crippen molar-refractivity contribution < 1.29 is 28.0 Å². The molecule has 1 aromatic carbocycles. The quantitative estimate of drug-likeness (QED) is 0.572. The number of nitrogens with one attached hydrogen (secondary N) is 1. The largest absolute Gasteiger partial charge is 0.494 e. The summed E-state index contributed by atoms with van der Waals surface area (Å²) in [5.74, 6) is -2.72. The van der Waals surface area contributed by atoms with Crippen LogP contribution in [0.15, 0.2) is 18.2 Å². The highest BCUT2D eigenvalue weighted by Crippen LogP contribution is 2.29. The van der Waals surface area contributed by atoms with E-state index in [0.29, 0.717) is 0 Å². The van der Waals surface area contributed by atoms with E-state index >= 15 is 0 Å². The fourth-order valence-electron chi connectivity index (χ4n) is 1.24. The van der Waals surface area contributed by atoms with E-state index in [1.165, 1.54) is 7.11 Å². The third-order valence-corrected chi connectivity index (χ3v) is 3.13. The van der Waals surface area contributed by atoms with Crippen molar-refractivity contribution >= 4 is 27.4 Å². The number of ether oxygens (including phenoxy) is 1. The summed E-state index contributed by atoms with van der Waals surface area (Å²) in [6.07, 6.45) is 0. The number of non-ortho nitro benzene ring substituents is 1. The van der Waals surface area contributed by atoms with Crippen LogP contribution in [0.2, 0.25) is 0 Å². The first-order chi connectivity index (χ1) is 8.75. The SMILES string of the molecule is COc1cc([N+](=O)[O-])ccc1NS(=O)(=O)CC(=O)O. The zero-order valence-electron chi connectivity index (χ0n) is 9.69. The van der Waals surface area contributed by atoms with Gasteiger partial charge in [0.05, 0.1) is 23.8 Å². The summed E-state index contributed by atoms with van der Waals surface area (Å²) >= 11 is 0. The minimum absolute atomic E-state index is 0.0747. The van der Waals surface area contributed by atoms with Crippen molar-refractivity contribution in [2.45, 2.75) is 0 Å². The lowest BCUT2D eigenvalue weighted by Gasteiger charge is -2.10. The van der Waals surface area contributed by atoms with Crippen LogP contribution in [0.1, 0.15) is 0 Å². The minimum atomic E-state index is -4.10. The molecule has 0 atom stereocenters. The molecule has 0 saturated heterocycles. The molecule has 9 nitrogen and oxygen atoms in total. The average molecular weight is 290 g/mol. The van der Waals surface area contributed by atoms with Crippen molar-refractivity contribution in [3.05, 3.63) is 28.3 Å². The van der Waals surface area contributed by atoms with Gasteiger partial charge in [0.1, 0.15) is 5.75 Å². The molecule has 0 radical (unpaired) electrons. The predicted molar refractivity (Wildman–Crippen MR) is 64.7 cm³/mol. The first-order valence-electron chi connectivity index (χ1n) is 4.80. The van der Waals surface area contributed by atoms with Gasteiger partial charge in [0.15, 0.2) is 5.75 Å². The van der Waals surface area contributed by atoms with E-state index in [-0.39, 0.29) is 17.1 Å². The average Bonchev–Trinajstić information content (AvgIpc) is 2.26. The Morgan fingerprint density at radius 3 is 2.63 bits per heavy atom. The number of methoxy groups -OCH3 is 1. The molecule has 0 aliphatic carbocycles. The number of carboxylic acid groups (broad SMARTS) is 1. The molecule has 0 aromatic heterocycles. The molecule has 0 unspecified atom stereocenters. The molecule has 0 fully saturated rings. The predicted octanol–water partition coefficient (Wildman–Crippen LogP) is 0.430. The second kappa shape index (κ2) is 5.52. The number of nitro benzene ring substituents is 1. The summed E-state index contributed by atoms with van der Waals surface area (Å²) in [7, 11) is -2.90. The van der Waals surface area contributed by atoms with Gasteiger partial charge in [-0.1, -0.05) is 0 Å². The maximum Gasteiger partial charge on any atom is 0.320 e. The van der Waals surface area contributed by atoms with Gasteiger partial charge in [-0.2, -0.15) is 0 Å². The standard InChI is InChI=1S/C9H10N2O7S/c1-18-8-4-6(11(14)15)2-3-7(8)10-19(16,17)5-9(12)13/h2-4,10H,5H2,1H3,(H,12,13). The summed E-state index contributed by atoms with van der Waals surface area (Å²) in [6.45, 7) is 0. The minimum Gasteiger partial charge on any atom is -0.494 e. The van der Waals surface area contributed by atoms with Crippen molar-refractivity contribution in [3.63, 3.8) is 0 Å². The number of nitro groups is 1. The summed E-state index contributed by atoms with van der Waals surface area (Å²) in [4.78, 5) is 20.2. The monoisotopic (exact) mass is 290 g/mol. The highest BCUT2D eigenvalue weighted by molar-refractivity contribution is 7.93. The van der Waals surface area contributed by atoms with Crippen LogP contribution < -0.4 is 9.46 Å². The molecular weight excluding hydrogens is 280 g/mol. The van der Waals surface area contributed by atoms with Gasteiger partial charge in [0.25, 0.3) is 5.69 Å². The molecule has 0 aliphatic heterocycles. The molecular formula is C9H10N2O7S. The molecule has 10 heteroatoms. The van der Waals surface area contributed by atoms with Gasteiger partial charge in [-0.05, 0) is 6.07 Å². The molecule has 0 bridgehead atoms. The maximum atomic E-state index is 11.4. The lowest BCUT2D eigenvalue weighted by molar-refractivity contribution is -0.384. The number of carbonyl (C=O) groups is 1. The summed E-state index contributed by atoms with van der Waals surface area (Å²) in [5.41, 5.74) is -0.354. The molecule has 104 valence electrons. The van der Waals surface area contributed by atoms with E-state index in [1.54, 1.807) is 0 Å². The fourth-order valence-corrected chi connectivity index (χ4v) is 2.14. The van der Waals surface area contributed by atoms with Crippen LogP contribution >= 0.6 is 0 Å². The van der Waals surface area contributed by atoms with Gasteiger partial charge in [-0.25, -0.2) is 8.42 Å². The van der Waals surface area contributed by atoms with Crippen molar-refractivity contribution in [3.8, 4) is 5.75 Å². The molecule has 0 heterocycles. The normalized spacial score (nSPS) is 10.8. The Balaban J connectivity index is 3.08. The highest BCUT2D eigenvalue weighted by atomic mass is 32.2. The molecule has 2 N–H and O–H groups in total. The van der Waals surface area contributed by atoms with Gasteiger partial charge in [0.2, 0.25) is 10.0 Å². The smallest absolute Gasteiger partial charge is 0.320 e. The first kappa shape index (κ1) is 14.7. The first-order valence-corrected chi connectivity index (χ1v) is 6.45. The Labute approximate surface area is 108 Å².